The Balaban J connectivity index is 1.26. The summed E-state index contributed by atoms with van der Waals surface area (Å²) in [5, 5.41) is 26.6. The highest BCUT2D eigenvalue weighted by molar-refractivity contribution is 6.90. The molecule has 4 fully saturated rings. The van der Waals surface area contributed by atoms with Crippen molar-refractivity contribution in [1.29, 1.82) is 5.26 Å². The molecule has 0 amide bonds. The van der Waals surface area contributed by atoms with Crippen molar-refractivity contribution in [3.63, 3.8) is 0 Å². The summed E-state index contributed by atoms with van der Waals surface area (Å²) in [4.78, 5) is 14.5. The standard InChI is InChI=1S/C45H55FN6O3Si/c1-28(2)56(29(3)4,30(5)6)21-13-31-8-7-9-32-22-34(53)24-37(40(31)32)35-10-11-36-42(41(35)46)49-44(55-27-45(14-15-45)26-51-17-19-54-20-18-51)50-43(36)52-33-23-38(48-25-33)39(52)12-16-47/h7-11,22,24,28-30,33,38-39,48,53H,12,14-15,17-20,23,25-27H2,1-6H3/t33-,38-,39-/m1/s1. The van der Waals surface area contributed by atoms with Gasteiger partial charge in [0.25, 0.3) is 0 Å². The fraction of sp³-hybridized carbons (Fsp3) is 0.533. The molecular weight excluding hydrogens is 720 g/mol. The van der Waals surface area contributed by atoms with Gasteiger partial charge in [-0.3, -0.25) is 4.90 Å². The van der Waals surface area contributed by atoms with E-state index in [0.29, 0.717) is 52.0 Å². The molecule has 0 spiro atoms. The maximum Gasteiger partial charge on any atom is 0.319 e. The second kappa shape index (κ2) is 15.2. The number of hydrogen-bond donors (Lipinski definition) is 2. The van der Waals surface area contributed by atoms with E-state index in [4.69, 9.17) is 19.4 Å². The van der Waals surface area contributed by atoms with Gasteiger partial charge in [-0.15, -0.1) is 5.54 Å². The number of phenols is 1. The van der Waals surface area contributed by atoms with Crippen molar-refractivity contribution < 1.29 is 19.0 Å². The lowest BCUT2D eigenvalue weighted by Crippen LogP contribution is -2.51. The minimum atomic E-state index is -2.08. The number of aromatic nitrogens is 2. The normalized spacial score (nSPS) is 21.9. The summed E-state index contributed by atoms with van der Waals surface area (Å²) >= 11 is 0. The molecule has 0 radical (unpaired) electrons. The third kappa shape index (κ3) is 6.91. The van der Waals surface area contributed by atoms with Crippen LogP contribution in [0.4, 0.5) is 10.2 Å². The number of piperazine rings is 1. The molecule has 1 aliphatic carbocycles. The largest absolute Gasteiger partial charge is 0.508 e. The third-order valence-corrected chi connectivity index (χ3v) is 19.6. The predicted octanol–water partition coefficient (Wildman–Crippen LogP) is 8.19. The van der Waals surface area contributed by atoms with E-state index >= 15 is 4.39 Å². The number of nitrogens with zero attached hydrogens (tertiary/aromatic N) is 5. The predicted molar refractivity (Wildman–Crippen MR) is 223 cm³/mol. The Kier molecular flexibility index (Phi) is 10.5. The zero-order valence-corrected chi connectivity index (χ0v) is 34.7. The quantitative estimate of drug-likeness (QED) is 0.115. The second-order valence-electron chi connectivity index (χ2n) is 17.6. The summed E-state index contributed by atoms with van der Waals surface area (Å²) in [7, 11) is -2.08. The molecule has 8 rings (SSSR count). The fourth-order valence-corrected chi connectivity index (χ4v) is 15.5. The van der Waals surface area contributed by atoms with E-state index in [9.17, 15) is 10.4 Å². The Labute approximate surface area is 331 Å². The molecule has 56 heavy (non-hydrogen) atoms. The smallest absolute Gasteiger partial charge is 0.319 e. The highest BCUT2D eigenvalue weighted by Crippen LogP contribution is 2.48. The number of phenolic OH excluding ortho intramolecular Hbond substituents is 1. The van der Waals surface area contributed by atoms with Crippen molar-refractivity contribution in [2.45, 2.75) is 102 Å². The van der Waals surface area contributed by atoms with E-state index in [-0.39, 0.29) is 40.8 Å². The van der Waals surface area contributed by atoms with Crippen LogP contribution in [-0.4, -0.2) is 92.2 Å². The van der Waals surface area contributed by atoms with Crippen molar-refractivity contribution in [1.82, 2.24) is 20.2 Å². The summed E-state index contributed by atoms with van der Waals surface area (Å²) in [6.45, 7) is 19.2. The first kappa shape index (κ1) is 38.6. The van der Waals surface area contributed by atoms with Crippen LogP contribution in [-0.2, 0) is 4.74 Å². The summed E-state index contributed by atoms with van der Waals surface area (Å²) < 4.78 is 29.6. The van der Waals surface area contributed by atoms with Crippen LogP contribution in [0.5, 0.6) is 11.8 Å². The highest BCUT2D eigenvalue weighted by atomic mass is 28.3. The van der Waals surface area contributed by atoms with E-state index in [1.54, 1.807) is 18.2 Å². The van der Waals surface area contributed by atoms with Gasteiger partial charge in [-0.1, -0.05) is 65.7 Å². The van der Waals surface area contributed by atoms with Crippen molar-refractivity contribution in [3.05, 3.63) is 53.8 Å². The lowest BCUT2D eigenvalue weighted by atomic mass is 9.93. The first-order valence-electron chi connectivity index (χ1n) is 20.6. The van der Waals surface area contributed by atoms with E-state index in [1.165, 1.54) is 0 Å². The number of aromatic hydroxyl groups is 1. The van der Waals surface area contributed by atoms with Crippen molar-refractivity contribution in [3.8, 4) is 40.4 Å². The van der Waals surface area contributed by atoms with Gasteiger partial charge >= 0.3 is 6.01 Å². The topological polar surface area (TPSA) is 107 Å². The molecule has 3 aliphatic heterocycles. The second-order valence-corrected chi connectivity index (χ2v) is 23.2. The van der Waals surface area contributed by atoms with Crippen LogP contribution in [0.25, 0.3) is 32.8 Å². The highest BCUT2D eigenvalue weighted by Gasteiger charge is 2.48. The molecular formula is C45H55FN6O3Si. The van der Waals surface area contributed by atoms with Gasteiger partial charge in [0, 0.05) is 65.6 Å². The first-order chi connectivity index (χ1) is 26.9. The average Bonchev–Trinajstić information content (AvgIpc) is 3.62. The van der Waals surface area contributed by atoms with Crippen LogP contribution in [0.15, 0.2) is 42.5 Å². The maximum atomic E-state index is 17.6. The molecule has 11 heteroatoms. The van der Waals surface area contributed by atoms with Crippen LogP contribution in [0.3, 0.4) is 0 Å². The first-order valence-corrected chi connectivity index (χ1v) is 22.8. The summed E-state index contributed by atoms with van der Waals surface area (Å²) in [5.74, 6) is 3.77. The van der Waals surface area contributed by atoms with Crippen molar-refractivity contribution in [2.75, 3.05) is 50.9 Å². The lowest BCUT2D eigenvalue weighted by molar-refractivity contribution is 0.0231. The van der Waals surface area contributed by atoms with Crippen LogP contribution in [0.2, 0.25) is 16.6 Å². The van der Waals surface area contributed by atoms with Gasteiger partial charge in [0.05, 0.1) is 38.4 Å². The van der Waals surface area contributed by atoms with E-state index in [0.717, 1.165) is 75.0 Å². The molecule has 4 aliphatic rings. The molecule has 3 aromatic carbocycles. The fourth-order valence-electron chi connectivity index (χ4n) is 10.3. The van der Waals surface area contributed by atoms with Crippen LogP contribution in [0.1, 0.15) is 72.8 Å². The molecule has 1 aromatic heterocycles. The van der Waals surface area contributed by atoms with Gasteiger partial charge in [0.2, 0.25) is 0 Å². The van der Waals surface area contributed by atoms with Crippen LogP contribution in [0, 0.1) is 34.0 Å². The van der Waals surface area contributed by atoms with Crippen molar-refractivity contribution >= 4 is 35.6 Å². The molecule has 294 valence electrons. The monoisotopic (exact) mass is 774 g/mol. The lowest BCUT2D eigenvalue weighted by Gasteiger charge is -2.38. The van der Waals surface area contributed by atoms with Gasteiger partial charge in [-0.25, -0.2) is 4.39 Å². The summed E-state index contributed by atoms with van der Waals surface area (Å²) in [5.41, 5.74) is 7.12. The molecule has 9 nitrogen and oxygen atoms in total. The number of anilines is 1. The number of nitrogens with one attached hydrogen (secondary N) is 1. The zero-order chi connectivity index (χ0) is 39.4. The molecule has 4 aromatic rings. The number of hydrogen-bond acceptors (Lipinski definition) is 9. The Morgan fingerprint density at radius 2 is 1.79 bits per heavy atom. The van der Waals surface area contributed by atoms with Gasteiger partial charge in [0.15, 0.2) is 5.82 Å². The number of ether oxygens (including phenoxy) is 2. The van der Waals surface area contributed by atoms with Gasteiger partial charge in [0.1, 0.15) is 25.2 Å². The Morgan fingerprint density at radius 1 is 1.04 bits per heavy atom. The van der Waals surface area contributed by atoms with Gasteiger partial charge in [-0.05, 0) is 71.1 Å². The van der Waals surface area contributed by atoms with E-state index in [2.05, 4.69) is 74.2 Å². The van der Waals surface area contributed by atoms with E-state index in [1.807, 2.05) is 24.3 Å². The average molecular weight is 775 g/mol. The van der Waals surface area contributed by atoms with Crippen LogP contribution < -0.4 is 15.0 Å². The number of benzene rings is 3. The molecule has 2 N–H and O–H groups in total. The molecule has 3 atom stereocenters. The number of morpholine rings is 1. The SMILES string of the molecule is CC(C)[Si](C#Cc1cccc2cc(O)cc(-c3ccc4c(N5[C@H]6CN[C@H](C6)[C@H]5CC#N)nc(OCC5(CN6CCOCC6)CC5)nc4c3F)c12)(C(C)C)C(C)C. The third-order valence-electron chi connectivity index (χ3n) is 13.3. The van der Waals surface area contributed by atoms with E-state index < -0.39 is 13.9 Å². The molecule has 0 unspecified atom stereocenters. The van der Waals surface area contributed by atoms with Crippen LogP contribution >= 0.6 is 0 Å². The molecule has 1 saturated carbocycles. The number of nitriles is 1. The zero-order valence-electron chi connectivity index (χ0n) is 33.7. The Bertz CT molecular complexity index is 2210. The molecule has 2 bridgehead atoms. The maximum absolute atomic E-state index is 17.6. The number of halogens is 1. The number of rotatable bonds is 11. The Morgan fingerprint density at radius 3 is 2.48 bits per heavy atom. The Hall–Kier alpha value is -4.26. The van der Waals surface area contributed by atoms with Gasteiger partial charge < -0.3 is 24.8 Å². The number of fused-ring (bicyclic) bond motifs is 4. The minimum absolute atomic E-state index is 0.00919. The van der Waals surface area contributed by atoms with Gasteiger partial charge in [-0.2, -0.15) is 15.2 Å². The molecule has 3 saturated heterocycles. The summed E-state index contributed by atoms with van der Waals surface area (Å²) in [6, 6.07) is 15.7. The summed E-state index contributed by atoms with van der Waals surface area (Å²) in [6.07, 6.45) is 3.33. The minimum Gasteiger partial charge on any atom is -0.508 e. The van der Waals surface area contributed by atoms with Crippen molar-refractivity contribution in [2.24, 2.45) is 5.41 Å². The molecule has 4 heterocycles.